The first-order valence-corrected chi connectivity index (χ1v) is 5.46. The third-order valence-electron chi connectivity index (χ3n) is 2.39. The highest BCUT2D eigenvalue weighted by Gasteiger charge is 2.08. The number of hydrogen-bond acceptors (Lipinski definition) is 3. The fourth-order valence-electron chi connectivity index (χ4n) is 1.47. The van der Waals surface area contributed by atoms with E-state index >= 15 is 0 Å². The van der Waals surface area contributed by atoms with Gasteiger partial charge in [-0.3, -0.25) is 14.9 Å². The van der Waals surface area contributed by atoms with Crippen LogP contribution in [-0.4, -0.2) is 21.1 Å². The number of rotatable bonds is 3. The molecule has 88 valence electrons. The summed E-state index contributed by atoms with van der Waals surface area (Å²) in [5, 5.41) is 9.56. The lowest BCUT2D eigenvalue weighted by atomic mass is 10.2. The lowest BCUT2D eigenvalue weighted by Crippen LogP contribution is -2.12. The van der Waals surface area contributed by atoms with Crippen molar-refractivity contribution in [3.63, 3.8) is 0 Å². The molecule has 0 unspecified atom stereocenters. The van der Waals surface area contributed by atoms with Crippen molar-refractivity contribution >= 4 is 11.7 Å². The van der Waals surface area contributed by atoms with Crippen LogP contribution < -0.4 is 5.32 Å². The van der Waals surface area contributed by atoms with Gasteiger partial charge in [0.15, 0.2) is 5.82 Å². The summed E-state index contributed by atoms with van der Waals surface area (Å²) in [6.07, 6.45) is 4.10. The van der Waals surface area contributed by atoms with E-state index in [1.165, 1.54) is 6.20 Å². The highest BCUT2D eigenvalue weighted by Crippen LogP contribution is 2.08. The standard InChI is InChI=1S/C12H14N4O/c1-3-10-5-11(16-15-10)14-12(17)9-4-8(2)6-13-7-9/h4-7H,3H2,1-2H3,(H2,14,15,16,17). The van der Waals surface area contributed by atoms with Gasteiger partial charge < -0.3 is 5.32 Å². The quantitative estimate of drug-likeness (QED) is 0.846. The van der Waals surface area contributed by atoms with Gasteiger partial charge in [-0.25, -0.2) is 0 Å². The third kappa shape index (κ3) is 2.69. The van der Waals surface area contributed by atoms with Crippen LogP contribution in [-0.2, 0) is 6.42 Å². The van der Waals surface area contributed by atoms with Crippen molar-refractivity contribution in [2.75, 3.05) is 5.32 Å². The van der Waals surface area contributed by atoms with Gasteiger partial charge in [0.2, 0.25) is 0 Å². The molecule has 0 aliphatic rings. The van der Waals surface area contributed by atoms with E-state index in [0.717, 1.165) is 17.7 Å². The Morgan fingerprint density at radius 2 is 2.24 bits per heavy atom. The van der Waals surface area contributed by atoms with Gasteiger partial charge in [-0.05, 0) is 25.0 Å². The minimum absolute atomic E-state index is 0.199. The zero-order chi connectivity index (χ0) is 12.3. The Hall–Kier alpha value is -2.17. The number of anilines is 1. The van der Waals surface area contributed by atoms with E-state index in [1.54, 1.807) is 12.3 Å². The monoisotopic (exact) mass is 230 g/mol. The molecule has 2 N–H and O–H groups in total. The third-order valence-corrected chi connectivity index (χ3v) is 2.39. The number of pyridine rings is 1. The highest BCUT2D eigenvalue weighted by atomic mass is 16.1. The molecule has 2 aromatic heterocycles. The van der Waals surface area contributed by atoms with E-state index in [9.17, 15) is 4.79 Å². The van der Waals surface area contributed by atoms with Crippen molar-refractivity contribution in [1.82, 2.24) is 15.2 Å². The number of carbonyl (C=O) groups excluding carboxylic acids is 1. The van der Waals surface area contributed by atoms with Crippen LogP contribution in [0.1, 0.15) is 28.5 Å². The number of amides is 1. The van der Waals surface area contributed by atoms with Crippen LogP contribution >= 0.6 is 0 Å². The van der Waals surface area contributed by atoms with Crippen molar-refractivity contribution < 1.29 is 4.79 Å². The van der Waals surface area contributed by atoms with Gasteiger partial charge in [-0.1, -0.05) is 6.92 Å². The van der Waals surface area contributed by atoms with E-state index in [2.05, 4.69) is 20.5 Å². The maximum absolute atomic E-state index is 11.9. The maximum atomic E-state index is 11.9. The maximum Gasteiger partial charge on any atom is 0.258 e. The molecular weight excluding hydrogens is 216 g/mol. The normalized spacial score (nSPS) is 10.2. The molecule has 0 bridgehead atoms. The summed E-state index contributed by atoms with van der Waals surface area (Å²) in [4.78, 5) is 15.8. The van der Waals surface area contributed by atoms with Crippen LogP contribution in [0.25, 0.3) is 0 Å². The van der Waals surface area contributed by atoms with Crippen LogP contribution in [0.5, 0.6) is 0 Å². The zero-order valence-corrected chi connectivity index (χ0v) is 9.82. The number of H-pyrrole nitrogens is 1. The molecule has 5 nitrogen and oxygen atoms in total. The first-order valence-electron chi connectivity index (χ1n) is 5.46. The first-order chi connectivity index (χ1) is 8.19. The Balaban J connectivity index is 2.11. The molecule has 1 amide bonds. The molecule has 0 aliphatic carbocycles. The molecule has 0 spiro atoms. The molecule has 0 atom stereocenters. The van der Waals surface area contributed by atoms with E-state index in [4.69, 9.17) is 0 Å². The molecule has 0 saturated heterocycles. The van der Waals surface area contributed by atoms with Crippen molar-refractivity contribution in [2.45, 2.75) is 20.3 Å². The topological polar surface area (TPSA) is 70.7 Å². The second-order valence-electron chi connectivity index (χ2n) is 3.84. The molecule has 2 rings (SSSR count). The van der Waals surface area contributed by atoms with Gasteiger partial charge in [0, 0.05) is 24.2 Å². The van der Waals surface area contributed by atoms with E-state index in [-0.39, 0.29) is 5.91 Å². The molecule has 2 heterocycles. The van der Waals surface area contributed by atoms with Crippen molar-refractivity contribution in [1.29, 1.82) is 0 Å². The van der Waals surface area contributed by atoms with E-state index in [0.29, 0.717) is 11.4 Å². The summed E-state index contributed by atoms with van der Waals surface area (Å²) in [5.74, 6) is 0.337. The lowest BCUT2D eigenvalue weighted by Gasteiger charge is -2.01. The molecule has 0 radical (unpaired) electrons. The van der Waals surface area contributed by atoms with Crippen LogP contribution in [0.3, 0.4) is 0 Å². The van der Waals surface area contributed by atoms with Crippen molar-refractivity contribution in [3.05, 3.63) is 41.3 Å². The number of aryl methyl sites for hydroxylation is 2. The van der Waals surface area contributed by atoms with E-state index < -0.39 is 0 Å². The summed E-state index contributed by atoms with van der Waals surface area (Å²) < 4.78 is 0. The van der Waals surface area contributed by atoms with Gasteiger partial charge in [-0.15, -0.1) is 0 Å². The Bertz CT molecular complexity index is 533. The van der Waals surface area contributed by atoms with Crippen molar-refractivity contribution in [3.8, 4) is 0 Å². The number of carbonyl (C=O) groups is 1. The molecule has 17 heavy (non-hydrogen) atoms. The highest BCUT2D eigenvalue weighted by molar-refractivity contribution is 6.03. The predicted molar refractivity (Wildman–Crippen MR) is 64.9 cm³/mol. The summed E-state index contributed by atoms with van der Waals surface area (Å²) in [6.45, 7) is 3.91. The molecule has 0 fully saturated rings. The number of nitrogens with one attached hydrogen (secondary N) is 2. The fourth-order valence-corrected chi connectivity index (χ4v) is 1.47. The van der Waals surface area contributed by atoms with Crippen LogP contribution in [0, 0.1) is 6.92 Å². The van der Waals surface area contributed by atoms with E-state index in [1.807, 2.05) is 19.9 Å². The Kier molecular flexibility index (Phi) is 3.18. The minimum Gasteiger partial charge on any atom is -0.305 e. The smallest absolute Gasteiger partial charge is 0.258 e. The minimum atomic E-state index is -0.199. The molecule has 0 aromatic carbocycles. The average molecular weight is 230 g/mol. The summed E-state index contributed by atoms with van der Waals surface area (Å²) in [6, 6.07) is 3.61. The van der Waals surface area contributed by atoms with Crippen LogP contribution in [0.2, 0.25) is 0 Å². The van der Waals surface area contributed by atoms with Gasteiger partial charge in [0.1, 0.15) is 0 Å². The Labute approximate surface area is 99.3 Å². The number of aromatic nitrogens is 3. The largest absolute Gasteiger partial charge is 0.305 e. The summed E-state index contributed by atoms with van der Waals surface area (Å²) in [5.41, 5.74) is 2.47. The van der Waals surface area contributed by atoms with Gasteiger partial charge >= 0.3 is 0 Å². The summed E-state index contributed by atoms with van der Waals surface area (Å²) >= 11 is 0. The molecule has 0 saturated carbocycles. The second-order valence-corrected chi connectivity index (χ2v) is 3.84. The summed E-state index contributed by atoms with van der Waals surface area (Å²) in [7, 11) is 0. The average Bonchev–Trinajstić information content (AvgIpc) is 2.77. The molecule has 2 aromatic rings. The second kappa shape index (κ2) is 4.78. The predicted octanol–water partition coefficient (Wildman–Crippen LogP) is 1.93. The lowest BCUT2D eigenvalue weighted by molar-refractivity contribution is 0.102. The Morgan fingerprint density at radius 3 is 2.88 bits per heavy atom. The Morgan fingerprint density at radius 1 is 1.41 bits per heavy atom. The van der Waals surface area contributed by atoms with Gasteiger partial charge in [0.25, 0.3) is 5.91 Å². The van der Waals surface area contributed by atoms with Gasteiger partial charge in [-0.2, -0.15) is 5.10 Å². The number of nitrogens with zero attached hydrogens (tertiary/aromatic N) is 2. The zero-order valence-electron chi connectivity index (χ0n) is 9.82. The van der Waals surface area contributed by atoms with Gasteiger partial charge in [0.05, 0.1) is 5.56 Å². The molecular formula is C12H14N4O. The first kappa shape index (κ1) is 11.3. The van der Waals surface area contributed by atoms with Crippen LogP contribution in [0.15, 0.2) is 24.5 Å². The van der Waals surface area contributed by atoms with Crippen LogP contribution in [0.4, 0.5) is 5.82 Å². The SMILES string of the molecule is CCc1cc(NC(=O)c2cncc(C)c2)n[nH]1. The van der Waals surface area contributed by atoms with Crippen molar-refractivity contribution in [2.24, 2.45) is 0 Å². The molecule has 0 aliphatic heterocycles. The number of aromatic amines is 1. The fraction of sp³-hybridized carbons (Fsp3) is 0.250. The molecule has 5 heteroatoms. The number of hydrogen-bond donors (Lipinski definition) is 2.